The van der Waals surface area contributed by atoms with Crippen LogP contribution in [0.25, 0.3) is 0 Å². The van der Waals surface area contributed by atoms with E-state index in [2.05, 4.69) is 21.2 Å². The molecule has 0 amide bonds. The van der Waals surface area contributed by atoms with Crippen LogP contribution in [0.2, 0.25) is 0 Å². The molecule has 0 radical (unpaired) electrons. The Kier molecular flexibility index (Phi) is 4.10. The van der Waals surface area contributed by atoms with E-state index in [9.17, 15) is 4.39 Å². The van der Waals surface area contributed by atoms with Gasteiger partial charge in [-0.15, -0.1) is 0 Å². The van der Waals surface area contributed by atoms with Crippen LogP contribution in [0.15, 0.2) is 40.9 Å². The first-order valence-electron chi connectivity index (χ1n) is 6.05. The first-order valence-corrected chi connectivity index (χ1v) is 6.84. The van der Waals surface area contributed by atoms with Crippen molar-refractivity contribution >= 4 is 27.3 Å². The molecule has 2 rings (SSSR count). The molecule has 0 aliphatic rings. The normalized spacial score (nSPS) is 12.2. The van der Waals surface area contributed by atoms with E-state index >= 15 is 0 Å². The van der Waals surface area contributed by atoms with Gasteiger partial charge in [0.05, 0.1) is 0 Å². The van der Waals surface area contributed by atoms with Crippen LogP contribution in [0.1, 0.15) is 24.1 Å². The highest BCUT2D eigenvalue weighted by Crippen LogP contribution is 2.28. The van der Waals surface area contributed by atoms with Gasteiger partial charge in [0.2, 0.25) is 0 Å². The summed E-state index contributed by atoms with van der Waals surface area (Å²) in [6.07, 6.45) is 0. The molecule has 0 aliphatic heterocycles. The van der Waals surface area contributed by atoms with E-state index < -0.39 is 0 Å². The fourth-order valence-corrected chi connectivity index (χ4v) is 2.35. The Hall–Kier alpha value is -1.55. The van der Waals surface area contributed by atoms with E-state index in [4.69, 9.17) is 5.73 Å². The number of hydrogen-bond donors (Lipinski definition) is 2. The molecular formula is C15H16BrFN2. The molecule has 0 spiro atoms. The maximum Gasteiger partial charge on any atom is 0.126 e. The summed E-state index contributed by atoms with van der Waals surface area (Å²) in [6, 6.07) is 10.9. The lowest BCUT2D eigenvalue weighted by atomic mass is 10.1. The van der Waals surface area contributed by atoms with Gasteiger partial charge in [-0.3, -0.25) is 0 Å². The summed E-state index contributed by atoms with van der Waals surface area (Å²) in [5, 5.41) is 3.33. The van der Waals surface area contributed by atoms with E-state index in [-0.39, 0.29) is 11.9 Å². The van der Waals surface area contributed by atoms with Crippen molar-refractivity contribution in [3.8, 4) is 0 Å². The highest BCUT2D eigenvalue weighted by molar-refractivity contribution is 9.10. The third kappa shape index (κ3) is 3.26. The summed E-state index contributed by atoms with van der Waals surface area (Å²) in [6.45, 7) is 3.75. The predicted octanol–water partition coefficient (Wildman–Crippen LogP) is 4.65. The Balaban J connectivity index is 2.20. The first kappa shape index (κ1) is 13.9. The molecule has 3 N–H and O–H groups in total. The molecule has 4 heteroatoms. The number of hydrogen-bond acceptors (Lipinski definition) is 2. The van der Waals surface area contributed by atoms with Crippen molar-refractivity contribution in [2.45, 2.75) is 19.9 Å². The average molecular weight is 323 g/mol. The number of halogens is 2. The van der Waals surface area contributed by atoms with Crippen molar-refractivity contribution < 1.29 is 4.39 Å². The molecule has 0 saturated carbocycles. The SMILES string of the molecule is Cc1ccc(C(C)Nc2ccc(N)cc2Br)cc1F. The lowest BCUT2D eigenvalue weighted by Crippen LogP contribution is -2.07. The van der Waals surface area contributed by atoms with E-state index in [0.717, 1.165) is 15.7 Å². The van der Waals surface area contributed by atoms with E-state index in [1.165, 1.54) is 0 Å². The number of nitrogens with one attached hydrogen (secondary N) is 1. The minimum absolute atomic E-state index is 0.00928. The molecule has 19 heavy (non-hydrogen) atoms. The number of rotatable bonds is 3. The highest BCUT2D eigenvalue weighted by atomic mass is 79.9. The van der Waals surface area contributed by atoms with Crippen LogP contribution in [-0.4, -0.2) is 0 Å². The van der Waals surface area contributed by atoms with Gasteiger partial charge >= 0.3 is 0 Å². The molecule has 2 aromatic carbocycles. The Labute approximate surface area is 121 Å². The highest BCUT2D eigenvalue weighted by Gasteiger charge is 2.09. The van der Waals surface area contributed by atoms with Gasteiger partial charge in [0.15, 0.2) is 0 Å². The molecule has 0 aromatic heterocycles. The number of anilines is 2. The van der Waals surface area contributed by atoms with Crippen molar-refractivity contribution in [2.75, 3.05) is 11.1 Å². The number of aryl methyl sites for hydroxylation is 1. The molecular weight excluding hydrogens is 307 g/mol. The first-order chi connectivity index (χ1) is 8.97. The lowest BCUT2D eigenvalue weighted by molar-refractivity contribution is 0.614. The van der Waals surface area contributed by atoms with Crippen molar-refractivity contribution in [3.05, 3.63) is 57.8 Å². The maximum atomic E-state index is 13.6. The molecule has 1 atom stereocenters. The predicted molar refractivity (Wildman–Crippen MR) is 81.7 cm³/mol. The quantitative estimate of drug-likeness (QED) is 0.807. The van der Waals surface area contributed by atoms with E-state index in [0.29, 0.717) is 11.3 Å². The fraction of sp³-hybridized carbons (Fsp3) is 0.200. The van der Waals surface area contributed by atoms with Gasteiger partial charge < -0.3 is 11.1 Å². The fourth-order valence-electron chi connectivity index (χ4n) is 1.84. The Morgan fingerprint density at radius 2 is 1.95 bits per heavy atom. The molecule has 0 saturated heterocycles. The minimum Gasteiger partial charge on any atom is -0.399 e. The van der Waals surface area contributed by atoms with Crippen molar-refractivity contribution in [3.63, 3.8) is 0 Å². The monoisotopic (exact) mass is 322 g/mol. The van der Waals surface area contributed by atoms with Crippen molar-refractivity contribution in [1.29, 1.82) is 0 Å². The smallest absolute Gasteiger partial charge is 0.126 e. The Morgan fingerprint density at radius 1 is 1.21 bits per heavy atom. The minimum atomic E-state index is -0.178. The average Bonchev–Trinajstić information content (AvgIpc) is 2.36. The second-order valence-corrected chi connectivity index (χ2v) is 5.47. The van der Waals surface area contributed by atoms with Crippen LogP contribution in [0, 0.1) is 12.7 Å². The molecule has 1 unspecified atom stereocenters. The number of benzene rings is 2. The zero-order chi connectivity index (χ0) is 14.0. The summed E-state index contributed by atoms with van der Waals surface area (Å²) < 4.78 is 14.5. The van der Waals surface area contributed by atoms with Gasteiger partial charge in [-0.05, 0) is 65.2 Å². The Morgan fingerprint density at radius 3 is 2.58 bits per heavy atom. The summed E-state index contributed by atoms with van der Waals surface area (Å²) in [4.78, 5) is 0. The van der Waals surface area contributed by atoms with Gasteiger partial charge in [-0.2, -0.15) is 0 Å². The summed E-state index contributed by atoms with van der Waals surface area (Å²) in [7, 11) is 0. The van der Waals surface area contributed by atoms with Gasteiger partial charge in [0.1, 0.15) is 5.82 Å². The second-order valence-electron chi connectivity index (χ2n) is 4.61. The van der Waals surface area contributed by atoms with E-state index in [1.807, 2.05) is 31.2 Å². The molecule has 0 fully saturated rings. The van der Waals surface area contributed by atoms with Crippen molar-refractivity contribution in [2.24, 2.45) is 0 Å². The number of nitrogen functional groups attached to an aromatic ring is 1. The molecule has 2 nitrogen and oxygen atoms in total. The summed E-state index contributed by atoms with van der Waals surface area (Å²) in [5.74, 6) is -0.178. The van der Waals surface area contributed by atoms with Crippen LogP contribution in [-0.2, 0) is 0 Å². The second kappa shape index (κ2) is 5.61. The van der Waals surface area contributed by atoms with Gasteiger partial charge in [-0.25, -0.2) is 4.39 Å². The molecule has 0 bridgehead atoms. The topological polar surface area (TPSA) is 38.0 Å². The van der Waals surface area contributed by atoms with Crippen LogP contribution in [0.3, 0.4) is 0 Å². The standard InChI is InChI=1S/C15H16BrFN2/c1-9-3-4-11(7-14(9)17)10(2)19-15-6-5-12(18)8-13(15)16/h3-8,10,19H,18H2,1-2H3. The molecule has 100 valence electrons. The van der Waals surface area contributed by atoms with Crippen molar-refractivity contribution in [1.82, 2.24) is 0 Å². The Bertz CT molecular complexity index is 599. The third-order valence-corrected chi connectivity index (χ3v) is 3.72. The molecule has 0 aliphatic carbocycles. The molecule has 2 aromatic rings. The van der Waals surface area contributed by atoms with Crippen LogP contribution in [0.5, 0.6) is 0 Å². The lowest BCUT2D eigenvalue weighted by Gasteiger charge is -2.17. The van der Waals surface area contributed by atoms with Gasteiger partial charge in [0, 0.05) is 21.9 Å². The van der Waals surface area contributed by atoms with Gasteiger partial charge in [0.25, 0.3) is 0 Å². The van der Waals surface area contributed by atoms with E-state index in [1.54, 1.807) is 19.1 Å². The largest absolute Gasteiger partial charge is 0.399 e. The van der Waals surface area contributed by atoms with Crippen LogP contribution in [0.4, 0.5) is 15.8 Å². The maximum absolute atomic E-state index is 13.6. The zero-order valence-electron chi connectivity index (χ0n) is 10.9. The van der Waals surface area contributed by atoms with Crippen LogP contribution < -0.4 is 11.1 Å². The summed E-state index contributed by atoms with van der Waals surface area (Å²) in [5.41, 5.74) is 8.90. The number of nitrogens with two attached hydrogens (primary N) is 1. The van der Waals surface area contributed by atoms with Gasteiger partial charge in [-0.1, -0.05) is 12.1 Å². The van der Waals surface area contributed by atoms with Crippen LogP contribution >= 0.6 is 15.9 Å². The summed E-state index contributed by atoms with van der Waals surface area (Å²) >= 11 is 3.46. The third-order valence-electron chi connectivity index (χ3n) is 3.06. The zero-order valence-corrected chi connectivity index (χ0v) is 12.5. The molecule has 0 heterocycles.